The minimum absolute atomic E-state index is 0.0533. The molecule has 0 saturated heterocycles. The van der Waals surface area contributed by atoms with E-state index in [0.717, 1.165) is 17.7 Å². The molecule has 0 aliphatic carbocycles. The van der Waals surface area contributed by atoms with E-state index in [0.29, 0.717) is 0 Å². The molecule has 1 aromatic carbocycles. The van der Waals surface area contributed by atoms with E-state index in [2.05, 4.69) is 10.3 Å². The fourth-order valence-corrected chi connectivity index (χ4v) is 1.99. The highest BCUT2D eigenvalue weighted by atomic mass is 19.1. The Kier molecular flexibility index (Phi) is 4.76. The van der Waals surface area contributed by atoms with Crippen LogP contribution in [-0.2, 0) is 0 Å². The van der Waals surface area contributed by atoms with Crippen LogP contribution in [0.25, 0.3) is 0 Å². The van der Waals surface area contributed by atoms with Gasteiger partial charge in [-0.2, -0.15) is 0 Å². The Hall–Kier alpha value is -1.85. The van der Waals surface area contributed by atoms with Crippen LogP contribution >= 0.6 is 0 Å². The summed E-state index contributed by atoms with van der Waals surface area (Å²) in [5.74, 6) is -1.48. The SMILES string of the molecule is C[C@H](NCC(O)c1c(F)cccc1F)c1ccncc1. The van der Waals surface area contributed by atoms with Crippen molar-refractivity contribution >= 4 is 0 Å². The van der Waals surface area contributed by atoms with Crippen molar-refractivity contribution in [1.29, 1.82) is 0 Å². The van der Waals surface area contributed by atoms with E-state index < -0.39 is 17.7 Å². The highest BCUT2D eigenvalue weighted by molar-refractivity contribution is 5.22. The van der Waals surface area contributed by atoms with Crippen molar-refractivity contribution in [3.05, 3.63) is 65.5 Å². The molecule has 5 heteroatoms. The number of aliphatic hydroxyl groups is 1. The Bertz CT molecular complexity index is 543. The van der Waals surface area contributed by atoms with Crippen LogP contribution in [0.5, 0.6) is 0 Å². The molecule has 106 valence electrons. The monoisotopic (exact) mass is 278 g/mol. The van der Waals surface area contributed by atoms with Crippen LogP contribution in [0.15, 0.2) is 42.7 Å². The third-order valence-electron chi connectivity index (χ3n) is 3.16. The molecule has 0 amide bonds. The molecule has 0 fully saturated rings. The van der Waals surface area contributed by atoms with Crippen molar-refractivity contribution in [2.45, 2.75) is 19.1 Å². The fraction of sp³-hybridized carbons (Fsp3) is 0.267. The van der Waals surface area contributed by atoms with Crippen LogP contribution in [0.2, 0.25) is 0 Å². The molecule has 0 aliphatic rings. The average molecular weight is 278 g/mol. The molecule has 0 bridgehead atoms. The number of pyridine rings is 1. The van der Waals surface area contributed by atoms with Crippen LogP contribution in [0.1, 0.15) is 30.2 Å². The predicted octanol–water partition coefficient (Wildman–Crippen LogP) is 2.74. The molecule has 2 N–H and O–H groups in total. The fourth-order valence-electron chi connectivity index (χ4n) is 1.99. The first-order valence-corrected chi connectivity index (χ1v) is 6.35. The van der Waals surface area contributed by atoms with Gasteiger partial charge in [-0.05, 0) is 36.8 Å². The van der Waals surface area contributed by atoms with Crippen LogP contribution in [0.4, 0.5) is 8.78 Å². The highest BCUT2D eigenvalue weighted by Gasteiger charge is 2.18. The summed E-state index contributed by atoms with van der Waals surface area (Å²) in [5.41, 5.74) is 0.683. The van der Waals surface area contributed by atoms with E-state index in [-0.39, 0.29) is 18.2 Å². The second kappa shape index (κ2) is 6.54. The van der Waals surface area contributed by atoms with Gasteiger partial charge < -0.3 is 10.4 Å². The topological polar surface area (TPSA) is 45.1 Å². The van der Waals surface area contributed by atoms with Crippen molar-refractivity contribution in [3.8, 4) is 0 Å². The zero-order valence-corrected chi connectivity index (χ0v) is 11.1. The quantitative estimate of drug-likeness (QED) is 0.884. The van der Waals surface area contributed by atoms with Gasteiger partial charge in [-0.1, -0.05) is 6.07 Å². The number of aromatic nitrogens is 1. The molecule has 1 unspecified atom stereocenters. The Morgan fingerprint density at radius 3 is 2.35 bits per heavy atom. The lowest BCUT2D eigenvalue weighted by atomic mass is 10.1. The maximum atomic E-state index is 13.5. The molecule has 1 aromatic heterocycles. The Morgan fingerprint density at radius 1 is 1.15 bits per heavy atom. The predicted molar refractivity (Wildman–Crippen MR) is 72.0 cm³/mol. The van der Waals surface area contributed by atoms with Crippen molar-refractivity contribution in [2.75, 3.05) is 6.54 Å². The smallest absolute Gasteiger partial charge is 0.131 e. The summed E-state index contributed by atoms with van der Waals surface area (Å²) in [7, 11) is 0. The Labute approximate surface area is 116 Å². The Morgan fingerprint density at radius 2 is 1.75 bits per heavy atom. The zero-order valence-electron chi connectivity index (χ0n) is 11.1. The number of rotatable bonds is 5. The number of hydrogen-bond donors (Lipinski definition) is 2. The van der Waals surface area contributed by atoms with Crippen LogP contribution in [0.3, 0.4) is 0 Å². The lowest BCUT2D eigenvalue weighted by Gasteiger charge is -2.18. The van der Waals surface area contributed by atoms with E-state index in [9.17, 15) is 13.9 Å². The maximum Gasteiger partial charge on any atom is 0.131 e. The molecule has 0 aliphatic heterocycles. The zero-order chi connectivity index (χ0) is 14.5. The number of halogens is 2. The van der Waals surface area contributed by atoms with Gasteiger partial charge in [0.2, 0.25) is 0 Å². The summed E-state index contributed by atoms with van der Waals surface area (Å²) in [4.78, 5) is 3.92. The average Bonchev–Trinajstić information content (AvgIpc) is 2.45. The summed E-state index contributed by atoms with van der Waals surface area (Å²) < 4.78 is 27.0. The molecule has 20 heavy (non-hydrogen) atoms. The molecule has 2 atom stereocenters. The minimum atomic E-state index is -1.24. The molecule has 3 nitrogen and oxygen atoms in total. The van der Waals surface area contributed by atoms with Gasteiger partial charge in [-0.3, -0.25) is 4.98 Å². The second-order valence-electron chi connectivity index (χ2n) is 4.56. The van der Waals surface area contributed by atoms with Gasteiger partial charge in [0.1, 0.15) is 11.6 Å². The van der Waals surface area contributed by atoms with Gasteiger partial charge in [-0.15, -0.1) is 0 Å². The number of hydrogen-bond acceptors (Lipinski definition) is 3. The maximum absolute atomic E-state index is 13.5. The summed E-state index contributed by atoms with van der Waals surface area (Å²) >= 11 is 0. The molecule has 2 rings (SSSR count). The first-order valence-electron chi connectivity index (χ1n) is 6.35. The van der Waals surface area contributed by atoms with E-state index >= 15 is 0 Å². The lowest BCUT2D eigenvalue weighted by Crippen LogP contribution is -2.25. The van der Waals surface area contributed by atoms with Gasteiger partial charge in [0, 0.05) is 25.0 Å². The number of aliphatic hydroxyl groups excluding tert-OH is 1. The van der Waals surface area contributed by atoms with Crippen molar-refractivity contribution in [1.82, 2.24) is 10.3 Å². The van der Waals surface area contributed by atoms with Crippen LogP contribution in [-0.4, -0.2) is 16.6 Å². The number of nitrogens with zero attached hydrogens (tertiary/aromatic N) is 1. The van der Waals surface area contributed by atoms with Gasteiger partial charge in [0.15, 0.2) is 0 Å². The number of nitrogens with one attached hydrogen (secondary N) is 1. The van der Waals surface area contributed by atoms with E-state index in [1.54, 1.807) is 12.4 Å². The van der Waals surface area contributed by atoms with Crippen LogP contribution in [0, 0.1) is 11.6 Å². The summed E-state index contributed by atoms with van der Waals surface area (Å²) in [6.45, 7) is 1.96. The first-order chi connectivity index (χ1) is 9.59. The van der Waals surface area contributed by atoms with Crippen molar-refractivity contribution in [2.24, 2.45) is 0 Å². The molecular weight excluding hydrogens is 262 g/mol. The minimum Gasteiger partial charge on any atom is -0.387 e. The van der Waals surface area contributed by atoms with Gasteiger partial charge in [0.05, 0.1) is 11.7 Å². The summed E-state index contributed by atoms with van der Waals surface area (Å²) in [6.07, 6.45) is 2.10. The molecule has 0 spiro atoms. The van der Waals surface area contributed by atoms with Gasteiger partial charge in [0.25, 0.3) is 0 Å². The van der Waals surface area contributed by atoms with Crippen molar-refractivity contribution in [3.63, 3.8) is 0 Å². The Balaban J connectivity index is 2.00. The van der Waals surface area contributed by atoms with Gasteiger partial charge >= 0.3 is 0 Å². The van der Waals surface area contributed by atoms with Crippen LogP contribution < -0.4 is 5.32 Å². The third kappa shape index (κ3) is 3.37. The highest BCUT2D eigenvalue weighted by Crippen LogP contribution is 2.21. The second-order valence-corrected chi connectivity index (χ2v) is 4.56. The van der Waals surface area contributed by atoms with E-state index in [1.165, 1.54) is 6.07 Å². The molecule has 1 heterocycles. The normalized spacial score (nSPS) is 14.0. The standard InChI is InChI=1S/C15H16F2N2O/c1-10(11-5-7-18-8-6-11)19-9-14(20)15-12(16)3-2-4-13(15)17/h2-8,10,14,19-20H,9H2,1H3/t10-,14?/m0/s1. The van der Waals surface area contributed by atoms with Gasteiger partial charge in [-0.25, -0.2) is 8.78 Å². The van der Waals surface area contributed by atoms with E-state index in [1.807, 2.05) is 19.1 Å². The third-order valence-corrected chi connectivity index (χ3v) is 3.16. The number of benzene rings is 1. The lowest BCUT2D eigenvalue weighted by molar-refractivity contribution is 0.161. The summed E-state index contributed by atoms with van der Waals surface area (Å²) in [6, 6.07) is 7.17. The largest absolute Gasteiger partial charge is 0.387 e. The molecule has 2 aromatic rings. The molecular formula is C15H16F2N2O. The van der Waals surface area contributed by atoms with E-state index in [4.69, 9.17) is 0 Å². The molecule has 0 radical (unpaired) electrons. The van der Waals surface area contributed by atoms with Crippen molar-refractivity contribution < 1.29 is 13.9 Å². The molecule has 0 saturated carbocycles. The first kappa shape index (κ1) is 14.6. The summed E-state index contributed by atoms with van der Waals surface area (Å²) in [5, 5.41) is 13.0.